The number of likely N-dealkylation sites (N-methyl/N-ethyl adjacent to an activating group) is 1. The Morgan fingerprint density at radius 1 is 1.35 bits per heavy atom. The third-order valence-corrected chi connectivity index (χ3v) is 3.76. The van der Waals surface area contributed by atoms with E-state index in [4.69, 9.17) is 4.74 Å². The topological polar surface area (TPSA) is 24.5 Å². The minimum Gasteiger partial charge on any atom is -0.373 e. The van der Waals surface area contributed by atoms with Crippen LogP contribution in [-0.4, -0.2) is 49.3 Å². The maximum absolute atomic E-state index is 5.76. The fourth-order valence-corrected chi connectivity index (χ4v) is 2.54. The SMILES string of the molecule is CCNC(CN1CCOC(C)(C)C1)C(C)CC. The summed E-state index contributed by atoms with van der Waals surface area (Å²) >= 11 is 0. The van der Waals surface area contributed by atoms with Gasteiger partial charge in [-0.05, 0) is 26.3 Å². The summed E-state index contributed by atoms with van der Waals surface area (Å²) in [6.45, 7) is 16.4. The standard InChI is InChI=1S/C14H30N2O/c1-6-12(3)13(15-7-2)10-16-8-9-17-14(4,5)11-16/h12-13,15H,6-11H2,1-5H3. The lowest BCUT2D eigenvalue weighted by molar-refractivity contribution is -0.0885. The average Bonchev–Trinajstić information content (AvgIpc) is 2.26. The zero-order valence-corrected chi connectivity index (χ0v) is 12.3. The molecule has 1 aliphatic rings. The van der Waals surface area contributed by atoms with Crippen molar-refractivity contribution in [1.82, 2.24) is 10.2 Å². The van der Waals surface area contributed by atoms with Crippen LogP contribution in [0.2, 0.25) is 0 Å². The first-order chi connectivity index (χ1) is 7.98. The number of hydrogen-bond donors (Lipinski definition) is 1. The van der Waals surface area contributed by atoms with Gasteiger partial charge in [-0.2, -0.15) is 0 Å². The minimum atomic E-state index is 0.0183. The molecule has 102 valence electrons. The molecule has 0 spiro atoms. The third kappa shape index (κ3) is 4.94. The zero-order valence-electron chi connectivity index (χ0n) is 12.3. The van der Waals surface area contributed by atoms with E-state index in [0.717, 1.165) is 38.7 Å². The fraction of sp³-hybridized carbons (Fsp3) is 1.00. The van der Waals surface area contributed by atoms with Crippen molar-refractivity contribution in [1.29, 1.82) is 0 Å². The number of rotatable bonds is 6. The van der Waals surface area contributed by atoms with Crippen molar-refractivity contribution in [2.45, 2.75) is 52.7 Å². The lowest BCUT2D eigenvalue weighted by Crippen LogP contribution is -2.53. The van der Waals surface area contributed by atoms with Crippen LogP contribution in [-0.2, 0) is 4.74 Å². The molecule has 1 N–H and O–H groups in total. The first-order valence-corrected chi connectivity index (χ1v) is 7.08. The van der Waals surface area contributed by atoms with E-state index in [-0.39, 0.29) is 5.60 Å². The summed E-state index contributed by atoms with van der Waals surface area (Å²) < 4.78 is 5.76. The van der Waals surface area contributed by atoms with Gasteiger partial charge in [-0.1, -0.05) is 27.2 Å². The van der Waals surface area contributed by atoms with Crippen LogP contribution in [0.3, 0.4) is 0 Å². The lowest BCUT2D eigenvalue weighted by Gasteiger charge is -2.40. The van der Waals surface area contributed by atoms with Crippen molar-refractivity contribution in [3.8, 4) is 0 Å². The molecule has 0 aliphatic carbocycles. The molecule has 0 aromatic heterocycles. The van der Waals surface area contributed by atoms with Gasteiger partial charge in [-0.25, -0.2) is 0 Å². The second-order valence-electron chi connectivity index (χ2n) is 5.89. The van der Waals surface area contributed by atoms with E-state index in [0.29, 0.717) is 6.04 Å². The van der Waals surface area contributed by atoms with Gasteiger partial charge < -0.3 is 10.1 Å². The second-order valence-corrected chi connectivity index (χ2v) is 5.89. The molecule has 0 aromatic rings. The molecule has 0 amide bonds. The van der Waals surface area contributed by atoms with Gasteiger partial charge in [0.05, 0.1) is 12.2 Å². The fourth-order valence-electron chi connectivity index (χ4n) is 2.54. The van der Waals surface area contributed by atoms with E-state index in [1.807, 2.05) is 0 Å². The van der Waals surface area contributed by atoms with Crippen LogP contribution < -0.4 is 5.32 Å². The Labute approximate surface area is 107 Å². The Hall–Kier alpha value is -0.120. The smallest absolute Gasteiger partial charge is 0.0753 e. The molecular formula is C14H30N2O. The van der Waals surface area contributed by atoms with Crippen LogP contribution in [0, 0.1) is 5.92 Å². The Kier molecular flexibility index (Phi) is 5.90. The summed E-state index contributed by atoms with van der Waals surface area (Å²) in [7, 11) is 0. The van der Waals surface area contributed by atoms with Gasteiger partial charge in [0.15, 0.2) is 0 Å². The summed E-state index contributed by atoms with van der Waals surface area (Å²) in [6, 6.07) is 0.610. The Morgan fingerprint density at radius 2 is 2.06 bits per heavy atom. The van der Waals surface area contributed by atoms with E-state index in [9.17, 15) is 0 Å². The van der Waals surface area contributed by atoms with E-state index < -0.39 is 0 Å². The Bertz CT molecular complexity index is 218. The molecule has 2 atom stereocenters. The molecule has 1 fully saturated rings. The molecule has 3 nitrogen and oxygen atoms in total. The van der Waals surface area contributed by atoms with Gasteiger partial charge in [0.1, 0.15) is 0 Å². The highest BCUT2D eigenvalue weighted by atomic mass is 16.5. The van der Waals surface area contributed by atoms with Gasteiger partial charge in [0.2, 0.25) is 0 Å². The highest BCUT2D eigenvalue weighted by Gasteiger charge is 2.29. The molecule has 2 unspecified atom stereocenters. The van der Waals surface area contributed by atoms with E-state index >= 15 is 0 Å². The molecule has 0 radical (unpaired) electrons. The van der Waals surface area contributed by atoms with E-state index in [1.54, 1.807) is 0 Å². The van der Waals surface area contributed by atoms with Gasteiger partial charge in [0.25, 0.3) is 0 Å². The molecule has 0 bridgehead atoms. The van der Waals surface area contributed by atoms with Gasteiger partial charge in [0, 0.05) is 25.7 Å². The lowest BCUT2D eigenvalue weighted by atomic mass is 9.97. The van der Waals surface area contributed by atoms with Crippen LogP contribution >= 0.6 is 0 Å². The third-order valence-electron chi connectivity index (χ3n) is 3.76. The first-order valence-electron chi connectivity index (χ1n) is 7.08. The number of nitrogens with one attached hydrogen (secondary N) is 1. The number of hydrogen-bond acceptors (Lipinski definition) is 3. The molecule has 1 aliphatic heterocycles. The van der Waals surface area contributed by atoms with Crippen LogP contribution in [0.1, 0.15) is 41.0 Å². The quantitative estimate of drug-likeness (QED) is 0.772. The maximum Gasteiger partial charge on any atom is 0.0753 e. The minimum absolute atomic E-state index is 0.0183. The Morgan fingerprint density at radius 3 is 2.59 bits per heavy atom. The van der Waals surface area contributed by atoms with Crippen molar-refractivity contribution in [2.75, 3.05) is 32.8 Å². The predicted octanol–water partition coefficient (Wildman–Crippen LogP) is 2.12. The zero-order chi connectivity index (χ0) is 12.9. The van der Waals surface area contributed by atoms with E-state index in [1.165, 1.54) is 6.42 Å². The first kappa shape index (κ1) is 14.9. The Balaban J connectivity index is 2.48. The molecule has 1 rings (SSSR count). The van der Waals surface area contributed by atoms with Crippen molar-refractivity contribution < 1.29 is 4.74 Å². The van der Waals surface area contributed by atoms with Gasteiger partial charge in [-0.3, -0.25) is 4.90 Å². The van der Waals surface area contributed by atoms with Gasteiger partial charge in [-0.15, -0.1) is 0 Å². The predicted molar refractivity (Wildman–Crippen MR) is 73.4 cm³/mol. The second kappa shape index (κ2) is 6.72. The molecule has 0 aromatic carbocycles. The molecule has 0 saturated carbocycles. The monoisotopic (exact) mass is 242 g/mol. The number of ether oxygens (including phenoxy) is 1. The average molecular weight is 242 g/mol. The van der Waals surface area contributed by atoms with Crippen LogP contribution in [0.25, 0.3) is 0 Å². The molecule has 3 heteroatoms. The normalized spacial score (nSPS) is 24.5. The highest BCUT2D eigenvalue weighted by Crippen LogP contribution is 2.18. The van der Waals surface area contributed by atoms with Crippen molar-refractivity contribution in [2.24, 2.45) is 5.92 Å². The molecular weight excluding hydrogens is 212 g/mol. The number of morpholine rings is 1. The molecule has 17 heavy (non-hydrogen) atoms. The summed E-state index contributed by atoms with van der Waals surface area (Å²) in [4.78, 5) is 2.54. The molecule has 1 heterocycles. The summed E-state index contributed by atoms with van der Waals surface area (Å²) in [5, 5.41) is 3.63. The van der Waals surface area contributed by atoms with E-state index in [2.05, 4.69) is 44.8 Å². The van der Waals surface area contributed by atoms with Gasteiger partial charge >= 0.3 is 0 Å². The summed E-state index contributed by atoms with van der Waals surface area (Å²) in [5.74, 6) is 0.737. The summed E-state index contributed by atoms with van der Waals surface area (Å²) in [6.07, 6.45) is 1.24. The summed E-state index contributed by atoms with van der Waals surface area (Å²) in [5.41, 5.74) is 0.0183. The maximum atomic E-state index is 5.76. The van der Waals surface area contributed by atoms with Crippen LogP contribution in [0.15, 0.2) is 0 Å². The van der Waals surface area contributed by atoms with Crippen LogP contribution in [0.5, 0.6) is 0 Å². The van der Waals surface area contributed by atoms with Crippen molar-refractivity contribution in [3.63, 3.8) is 0 Å². The largest absolute Gasteiger partial charge is 0.373 e. The highest BCUT2D eigenvalue weighted by molar-refractivity contribution is 4.83. The van der Waals surface area contributed by atoms with Crippen molar-refractivity contribution >= 4 is 0 Å². The van der Waals surface area contributed by atoms with Crippen LogP contribution in [0.4, 0.5) is 0 Å². The molecule has 1 saturated heterocycles. The number of nitrogens with zero attached hydrogens (tertiary/aromatic N) is 1. The van der Waals surface area contributed by atoms with Crippen molar-refractivity contribution in [3.05, 3.63) is 0 Å².